The Bertz CT molecular complexity index is 382. The Morgan fingerprint density at radius 1 is 1.32 bits per heavy atom. The first-order valence-corrected chi connectivity index (χ1v) is 8.61. The Hall–Kier alpha value is 0.0900. The zero-order valence-electron chi connectivity index (χ0n) is 12.0. The van der Waals surface area contributed by atoms with E-state index in [0.717, 1.165) is 54.8 Å². The number of aromatic nitrogens is 2. The topological polar surface area (TPSA) is 30.3 Å². The van der Waals surface area contributed by atoms with Crippen molar-refractivity contribution in [2.75, 3.05) is 32.1 Å². The third-order valence-corrected chi connectivity index (χ3v) is 4.19. The highest BCUT2D eigenvalue weighted by atomic mass is 79.9. The third-order valence-electron chi connectivity index (χ3n) is 2.95. The van der Waals surface area contributed by atoms with Crippen molar-refractivity contribution in [3.05, 3.63) is 15.9 Å². The monoisotopic (exact) mass is 395 g/mol. The number of hydrogen-bond donors (Lipinski definition) is 0. The first-order chi connectivity index (χ1) is 9.13. The van der Waals surface area contributed by atoms with E-state index in [4.69, 9.17) is 4.74 Å². The van der Waals surface area contributed by atoms with Crippen LogP contribution in [0, 0.1) is 0 Å². The van der Waals surface area contributed by atoms with Gasteiger partial charge in [0.15, 0.2) is 0 Å². The lowest BCUT2D eigenvalue weighted by atomic mass is 10.3. The van der Waals surface area contributed by atoms with Crippen molar-refractivity contribution in [2.45, 2.75) is 33.4 Å². The van der Waals surface area contributed by atoms with E-state index in [1.807, 2.05) is 0 Å². The normalized spacial score (nSPS) is 11.5. The molecule has 1 heterocycles. The second-order valence-corrected chi connectivity index (χ2v) is 6.00. The standard InChI is InChI=1S/C13H23Br2N3O/c1-4-11-13(15)12(18(5-2)16-11)10-17(3)7-9-19-8-6-14/h4-10H2,1-3H3. The lowest BCUT2D eigenvalue weighted by Gasteiger charge is -2.17. The fourth-order valence-corrected chi connectivity index (χ4v) is 2.80. The molecule has 4 nitrogen and oxygen atoms in total. The van der Waals surface area contributed by atoms with Gasteiger partial charge in [-0.15, -0.1) is 0 Å². The van der Waals surface area contributed by atoms with Gasteiger partial charge in [-0.3, -0.25) is 9.58 Å². The smallest absolute Gasteiger partial charge is 0.0767 e. The van der Waals surface area contributed by atoms with Crippen LogP contribution < -0.4 is 0 Å². The molecule has 0 radical (unpaired) electrons. The van der Waals surface area contributed by atoms with Gasteiger partial charge in [-0.1, -0.05) is 22.9 Å². The first kappa shape index (κ1) is 17.1. The Balaban J connectivity index is 2.57. The van der Waals surface area contributed by atoms with Crippen LogP contribution in [0.5, 0.6) is 0 Å². The SMILES string of the molecule is CCc1nn(CC)c(CN(C)CCOCCBr)c1Br. The molecule has 1 rings (SSSR count). The van der Waals surface area contributed by atoms with E-state index >= 15 is 0 Å². The first-order valence-electron chi connectivity index (χ1n) is 6.70. The van der Waals surface area contributed by atoms with Crippen LogP contribution in [0.25, 0.3) is 0 Å². The molecule has 1 aromatic rings. The summed E-state index contributed by atoms with van der Waals surface area (Å²) in [6.07, 6.45) is 0.957. The minimum absolute atomic E-state index is 0.765. The summed E-state index contributed by atoms with van der Waals surface area (Å²) >= 11 is 7.03. The summed E-state index contributed by atoms with van der Waals surface area (Å²) in [7, 11) is 2.11. The number of hydrogen-bond acceptors (Lipinski definition) is 3. The Labute approximate surface area is 132 Å². The van der Waals surface area contributed by atoms with Crippen molar-refractivity contribution >= 4 is 31.9 Å². The molecule has 0 aliphatic rings. The summed E-state index contributed by atoms with van der Waals surface area (Å²) in [6.45, 7) is 8.51. The van der Waals surface area contributed by atoms with Crippen LogP contribution in [0.3, 0.4) is 0 Å². The summed E-state index contributed by atoms with van der Waals surface area (Å²) in [5.41, 5.74) is 2.39. The van der Waals surface area contributed by atoms with Gasteiger partial charge in [-0.25, -0.2) is 0 Å². The van der Waals surface area contributed by atoms with Crippen LogP contribution >= 0.6 is 31.9 Å². The summed E-state index contributed by atoms with van der Waals surface area (Å²) in [5.74, 6) is 0. The molecule has 0 aliphatic carbocycles. The van der Waals surface area contributed by atoms with E-state index in [-0.39, 0.29) is 0 Å². The maximum atomic E-state index is 5.48. The highest BCUT2D eigenvalue weighted by Crippen LogP contribution is 2.23. The van der Waals surface area contributed by atoms with Gasteiger partial charge >= 0.3 is 0 Å². The van der Waals surface area contributed by atoms with Crippen LogP contribution in [0.4, 0.5) is 0 Å². The molecule has 0 saturated heterocycles. The molecule has 0 fully saturated rings. The Kier molecular flexibility index (Phi) is 8.21. The molecule has 0 N–H and O–H groups in total. The number of nitrogens with zero attached hydrogens (tertiary/aromatic N) is 3. The summed E-state index contributed by atoms with van der Waals surface area (Å²) < 4.78 is 8.72. The predicted octanol–water partition coefficient (Wildman–Crippen LogP) is 3.07. The molecule has 0 aliphatic heterocycles. The highest BCUT2D eigenvalue weighted by molar-refractivity contribution is 9.10. The number of halogens is 2. The van der Waals surface area contributed by atoms with Crippen LogP contribution in [0.2, 0.25) is 0 Å². The van der Waals surface area contributed by atoms with Gasteiger partial charge in [0.25, 0.3) is 0 Å². The number of rotatable bonds is 9. The van der Waals surface area contributed by atoms with Crippen molar-refractivity contribution in [3.63, 3.8) is 0 Å². The van der Waals surface area contributed by atoms with E-state index < -0.39 is 0 Å². The molecular weight excluding hydrogens is 374 g/mol. The fraction of sp³-hybridized carbons (Fsp3) is 0.769. The average molecular weight is 397 g/mol. The second-order valence-electron chi connectivity index (χ2n) is 4.42. The van der Waals surface area contributed by atoms with Gasteiger partial charge in [0.1, 0.15) is 0 Å². The minimum Gasteiger partial charge on any atom is -0.379 e. The largest absolute Gasteiger partial charge is 0.379 e. The van der Waals surface area contributed by atoms with Crippen molar-refractivity contribution in [1.82, 2.24) is 14.7 Å². The van der Waals surface area contributed by atoms with Crippen LogP contribution in [-0.4, -0.2) is 46.8 Å². The second kappa shape index (κ2) is 9.10. The van der Waals surface area contributed by atoms with Gasteiger partial charge in [-0.05, 0) is 36.3 Å². The lowest BCUT2D eigenvalue weighted by Crippen LogP contribution is -2.24. The average Bonchev–Trinajstić information content (AvgIpc) is 2.71. The maximum Gasteiger partial charge on any atom is 0.0767 e. The molecule has 19 heavy (non-hydrogen) atoms. The summed E-state index contributed by atoms with van der Waals surface area (Å²) in [4.78, 5) is 2.27. The van der Waals surface area contributed by atoms with E-state index in [1.165, 1.54) is 5.69 Å². The van der Waals surface area contributed by atoms with Crippen molar-refractivity contribution < 1.29 is 4.74 Å². The number of alkyl halides is 1. The van der Waals surface area contributed by atoms with Crippen LogP contribution in [-0.2, 0) is 24.2 Å². The number of aryl methyl sites for hydroxylation is 2. The highest BCUT2D eigenvalue weighted by Gasteiger charge is 2.15. The van der Waals surface area contributed by atoms with E-state index in [9.17, 15) is 0 Å². The van der Waals surface area contributed by atoms with Crippen LogP contribution in [0.15, 0.2) is 4.47 Å². The quantitative estimate of drug-likeness (QED) is 0.474. The predicted molar refractivity (Wildman–Crippen MR) is 85.9 cm³/mol. The van der Waals surface area contributed by atoms with Gasteiger partial charge in [-0.2, -0.15) is 5.10 Å². The molecule has 0 atom stereocenters. The lowest BCUT2D eigenvalue weighted by molar-refractivity contribution is 0.122. The van der Waals surface area contributed by atoms with Gasteiger partial charge in [0.05, 0.1) is 29.1 Å². The van der Waals surface area contributed by atoms with Gasteiger partial charge < -0.3 is 4.74 Å². The Morgan fingerprint density at radius 3 is 2.63 bits per heavy atom. The maximum absolute atomic E-state index is 5.48. The molecule has 0 aromatic carbocycles. The minimum atomic E-state index is 0.765. The molecule has 0 spiro atoms. The molecule has 1 aromatic heterocycles. The van der Waals surface area contributed by atoms with Gasteiger partial charge in [0, 0.05) is 25.0 Å². The third kappa shape index (κ3) is 5.17. The van der Waals surface area contributed by atoms with E-state index in [2.05, 4.69) is 67.4 Å². The molecule has 0 unspecified atom stereocenters. The number of likely N-dealkylation sites (N-methyl/N-ethyl adjacent to an activating group) is 1. The molecular formula is C13H23Br2N3O. The zero-order chi connectivity index (χ0) is 14.3. The molecule has 0 saturated carbocycles. The van der Waals surface area contributed by atoms with Crippen molar-refractivity contribution in [3.8, 4) is 0 Å². The summed E-state index contributed by atoms with van der Waals surface area (Å²) in [5, 5.41) is 5.51. The van der Waals surface area contributed by atoms with E-state index in [0.29, 0.717) is 0 Å². The van der Waals surface area contributed by atoms with Gasteiger partial charge in [0.2, 0.25) is 0 Å². The molecule has 110 valence electrons. The van der Waals surface area contributed by atoms with Crippen molar-refractivity contribution in [1.29, 1.82) is 0 Å². The fourth-order valence-electron chi connectivity index (χ4n) is 1.88. The molecule has 0 bridgehead atoms. The summed E-state index contributed by atoms with van der Waals surface area (Å²) in [6, 6.07) is 0. The Morgan fingerprint density at radius 2 is 2.05 bits per heavy atom. The van der Waals surface area contributed by atoms with Crippen LogP contribution in [0.1, 0.15) is 25.2 Å². The molecule has 0 amide bonds. The molecule has 6 heteroatoms. The number of ether oxygens (including phenoxy) is 1. The van der Waals surface area contributed by atoms with Crippen molar-refractivity contribution in [2.24, 2.45) is 0 Å². The zero-order valence-corrected chi connectivity index (χ0v) is 15.1. The van der Waals surface area contributed by atoms with E-state index in [1.54, 1.807) is 0 Å².